The predicted molar refractivity (Wildman–Crippen MR) is 60.1 cm³/mol. The van der Waals surface area contributed by atoms with Gasteiger partial charge >= 0.3 is 0 Å². The van der Waals surface area contributed by atoms with Gasteiger partial charge in [-0.15, -0.1) is 0 Å². The highest BCUT2D eigenvalue weighted by Gasteiger charge is 2.17. The third-order valence-electron chi connectivity index (χ3n) is 2.54. The van der Waals surface area contributed by atoms with Gasteiger partial charge in [0, 0.05) is 11.9 Å². The molecule has 0 bridgehead atoms. The van der Waals surface area contributed by atoms with E-state index in [-0.39, 0.29) is 0 Å². The van der Waals surface area contributed by atoms with E-state index in [2.05, 4.69) is 37.7 Å². The lowest BCUT2D eigenvalue weighted by Crippen LogP contribution is -2.14. The van der Waals surface area contributed by atoms with E-state index in [1.807, 2.05) is 6.20 Å². The first-order chi connectivity index (χ1) is 6.51. The number of nitrogens with zero attached hydrogens (tertiary/aromatic N) is 1. The highest BCUT2D eigenvalue weighted by Crippen LogP contribution is 2.28. The topological polar surface area (TPSA) is 28.7 Å². The average Bonchev–Trinajstić information content (AvgIpc) is 2.53. The zero-order valence-corrected chi connectivity index (χ0v) is 9.80. The van der Waals surface area contributed by atoms with Crippen molar-refractivity contribution in [3.63, 3.8) is 0 Å². The summed E-state index contributed by atoms with van der Waals surface area (Å²) in [6.45, 7) is 9.20. The molecule has 1 rings (SSSR count). The fraction of sp³-hybridized carbons (Fsp3) is 0.750. The van der Waals surface area contributed by atoms with Crippen LogP contribution in [0.3, 0.4) is 0 Å². The summed E-state index contributed by atoms with van der Waals surface area (Å²) in [6, 6.07) is 0. The van der Waals surface area contributed by atoms with E-state index in [0.29, 0.717) is 5.41 Å². The molecule has 0 aliphatic heterocycles. The Labute approximate surface area is 87.1 Å². The molecule has 14 heavy (non-hydrogen) atoms. The number of hydrogen-bond donors (Lipinski definition) is 1. The van der Waals surface area contributed by atoms with Crippen LogP contribution in [0.4, 0.5) is 0 Å². The van der Waals surface area contributed by atoms with Crippen molar-refractivity contribution in [2.24, 2.45) is 11.3 Å². The third kappa shape index (κ3) is 3.95. The molecule has 1 atom stereocenters. The molecular formula is C12H22N2. The van der Waals surface area contributed by atoms with Gasteiger partial charge < -0.3 is 4.98 Å². The van der Waals surface area contributed by atoms with Gasteiger partial charge in [0.25, 0.3) is 0 Å². The van der Waals surface area contributed by atoms with Gasteiger partial charge in [-0.25, -0.2) is 4.98 Å². The maximum absolute atomic E-state index is 4.05. The Morgan fingerprint density at radius 1 is 1.43 bits per heavy atom. The van der Waals surface area contributed by atoms with E-state index in [9.17, 15) is 0 Å². The molecule has 0 aliphatic rings. The molecule has 0 radical (unpaired) electrons. The summed E-state index contributed by atoms with van der Waals surface area (Å²) in [5.74, 6) is 0.774. The third-order valence-corrected chi connectivity index (χ3v) is 2.54. The van der Waals surface area contributed by atoms with E-state index in [1.54, 1.807) is 6.33 Å². The van der Waals surface area contributed by atoms with Crippen molar-refractivity contribution in [1.82, 2.24) is 9.97 Å². The minimum Gasteiger partial charge on any atom is -0.348 e. The zero-order valence-electron chi connectivity index (χ0n) is 9.80. The van der Waals surface area contributed by atoms with Crippen molar-refractivity contribution >= 4 is 0 Å². The molecule has 2 heteroatoms. The predicted octanol–water partition coefficient (Wildman–Crippen LogP) is 3.41. The Kier molecular flexibility index (Phi) is 3.73. The molecule has 1 aromatic rings. The van der Waals surface area contributed by atoms with E-state index >= 15 is 0 Å². The maximum Gasteiger partial charge on any atom is 0.0921 e. The average molecular weight is 194 g/mol. The first-order valence-electron chi connectivity index (χ1n) is 5.48. The second-order valence-electron chi connectivity index (χ2n) is 5.32. The quantitative estimate of drug-likeness (QED) is 0.781. The van der Waals surface area contributed by atoms with Crippen LogP contribution >= 0.6 is 0 Å². The molecule has 1 N–H and O–H groups in total. The number of aromatic nitrogens is 2. The van der Waals surface area contributed by atoms with Crippen LogP contribution in [0.25, 0.3) is 0 Å². The molecule has 0 aromatic carbocycles. The zero-order chi connectivity index (χ0) is 10.6. The van der Waals surface area contributed by atoms with E-state index in [0.717, 1.165) is 12.3 Å². The van der Waals surface area contributed by atoms with Crippen LogP contribution in [0.15, 0.2) is 12.5 Å². The monoisotopic (exact) mass is 194 g/mol. The molecule has 0 aliphatic carbocycles. The molecule has 1 heterocycles. The number of rotatable bonds is 4. The SMILES string of the molecule is CC[C@@H](Cc1cnc[nH]1)CC(C)(C)C. The van der Waals surface area contributed by atoms with Gasteiger partial charge in [0.05, 0.1) is 6.33 Å². The molecule has 80 valence electrons. The molecular weight excluding hydrogens is 172 g/mol. The molecule has 1 aromatic heterocycles. The van der Waals surface area contributed by atoms with Crippen LogP contribution in [0.5, 0.6) is 0 Å². The van der Waals surface area contributed by atoms with E-state index in [4.69, 9.17) is 0 Å². The lowest BCUT2D eigenvalue weighted by Gasteiger charge is -2.24. The minimum absolute atomic E-state index is 0.431. The summed E-state index contributed by atoms with van der Waals surface area (Å²) in [5, 5.41) is 0. The number of H-pyrrole nitrogens is 1. The molecule has 2 nitrogen and oxygen atoms in total. The number of nitrogens with one attached hydrogen (secondary N) is 1. The minimum atomic E-state index is 0.431. The van der Waals surface area contributed by atoms with Gasteiger partial charge in [-0.1, -0.05) is 34.1 Å². The molecule has 0 amide bonds. The number of imidazole rings is 1. The van der Waals surface area contributed by atoms with Gasteiger partial charge in [0.15, 0.2) is 0 Å². The Morgan fingerprint density at radius 3 is 2.57 bits per heavy atom. The highest BCUT2D eigenvalue weighted by atomic mass is 14.9. The standard InChI is InChI=1S/C12H22N2/c1-5-10(7-12(2,3)4)6-11-8-13-9-14-11/h8-10H,5-7H2,1-4H3,(H,13,14)/t10-/m0/s1. The molecule has 0 saturated carbocycles. The van der Waals surface area contributed by atoms with Crippen LogP contribution in [0.1, 0.15) is 46.2 Å². The van der Waals surface area contributed by atoms with Crippen molar-refractivity contribution in [3.05, 3.63) is 18.2 Å². The summed E-state index contributed by atoms with van der Waals surface area (Å²) >= 11 is 0. The fourth-order valence-corrected chi connectivity index (χ4v) is 1.93. The fourth-order valence-electron chi connectivity index (χ4n) is 1.93. The number of aromatic amines is 1. The van der Waals surface area contributed by atoms with Crippen molar-refractivity contribution < 1.29 is 0 Å². The van der Waals surface area contributed by atoms with Gasteiger partial charge in [-0.3, -0.25) is 0 Å². The Balaban J connectivity index is 2.47. The summed E-state index contributed by atoms with van der Waals surface area (Å²) < 4.78 is 0. The largest absolute Gasteiger partial charge is 0.348 e. The summed E-state index contributed by atoms with van der Waals surface area (Å²) in [4.78, 5) is 7.23. The Bertz CT molecular complexity index is 244. The summed E-state index contributed by atoms with van der Waals surface area (Å²) in [7, 11) is 0. The van der Waals surface area contributed by atoms with Gasteiger partial charge in [0.2, 0.25) is 0 Å². The first-order valence-corrected chi connectivity index (χ1v) is 5.48. The lowest BCUT2D eigenvalue weighted by molar-refractivity contribution is 0.285. The summed E-state index contributed by atoms with van der Waals surface area (Å²) in [5.41, 5.74) is 1.70. The van der Waals surface area contributed by atoms with E-state index in [1.165, 1.54) is 18.5 Å². The Morgan fingerprint density at radius 2 is 2.14 bits per heavy atom. The second-order valence-corrected chi connectivity index (χ2v) is 5.32. The van der Waals surface area contributed by atoms with Crippen molar-refractivity contribution in [1.29, 1.82) is 0 Å². The smallest absolute Gasteiger partial charge is 0.0921 e. The first kappa shape index (κ1) is 11.3. The second kappa shape index (κ2) is 4.63. The molecule has 0 fully saturated rings. The van der Waals surface area contributed by atoms with Crippen molar-refractivity contribution in [3.8, 4) is 0 Å². The van der Waals surface area contributed by atoms with E-state index < -0.39 is 0 Å². The highest BCUT2D eigenvalue weighted by molar-refractivity contribution is 4.96. The van der Waals surface area contributed by atoms with Crippen molar-refractivity contribution in [2.75, 3.05) is 0 Å². The van der Waals surface area contributed by atoms with Crippen LogP contribution in [0, 0.1) is 11.3 Å². The van der Waals surface area contributed by atoms with Crippen LogP contribution in [-0.4, -0.2) is 9.97 Å². The lowest BCUT2D eigenvalue weighted by atomic mass is 9.81. The van der Waals surface area contributed by atoms with Crippen molar-refractivity contribution in [2.45, 2.75) is 47.0 Å². The number of hydrogen-bond acceptors (Lipinski definition) is 1. The normalized spacial score (nSPS) is 14.3. The van der Waals surface area contributed by atoms with Gasteiger partial charge in [-0.05, 0) is 24.2 Å². The summed E-state index contributed by atoms with van der Waals surface area (Å²) in [6.07, 6.45) is 7.36. The maximum atomic E-state index is 4.05. The molecule has 0 spiro atoms. The Hall–Kier alpha value is -0.790. The molecule has 0 saturated heterocycles. The van der Waals surface area contributed by atoms with Gasteiger partial charge in [0.1, 0.15) is 0 Å². The van der Waals surface area contributed by atoms with Crippen LogP contribution < -0.4 is 0 Å². The van der Waals surface area contributed by atoms with Crippen LogP contribution in [-0.2, 0) is 6.42 Å². The molecule has 0 unspecified atom stereocenters. The van der Waals surface area contributed by atoms with Gasteiger partial charge in [-0.2, -0.15) is 0 Å². The van der Waals surface area contributed by atoms with Crippen LogP contribution in [0.2, 0.25) is 0 Å².